The summed E-state index contributed by atoms with van der Waals surface area (Å²) in [5.41, 5.74) is 5.47. The zero-order valence-corrected chi connectivity index (χ0v) is 9.30. The molecule has 0 bridgehead atoms. The highest BCUT2D eigenvalue weighted by Crippen LogP contribution is 2.34. The van der Waals surface area contributed by atoms with E-state index in [2.05, 4.69) is 0 Å². The van der Waals surface area contributed by atoms with E-state index in [0.29, 0.717) is 19.6 Å². The summed E-state index contributed by atoms with van der Waals surface area (Å²) in [6, 6.07) is 3.93. The van der Waals surface area contributed by atoms with Crippen molar-refractivity contribution >= 4 is 11.4 Å². The van der Waals surface area contributed by atoms with Crippen LogP contribution in [0.15, 0.2) is 18.2 Å². The first-order valence-corrected chi connectivity index (χ1v) is 5.51. The summed E-state index contributed by atoms with van der Waals surface area (Å²) in [6.45, 7) is 1.72. The van der Waals surface area contributed by atoms with Gasteiger partial charge in [0.1, 0.15) is 0 Å². The Labute approximate surface area is 98.2 Å². The van der Waals surface area contributed by atoms with Gasteiger partial charge >= 0.3 is 0 Å². The first-order valence-electron chi connectivity index (χ1n) is 5.51. The predicted octanol–water partition coefficient (Wildman–Crippen LogP) is 1.52. The van der Waals surface area contributed by atoms with E-state index in [1.54, 1.807) is 4.90 Å². The maximum absolute atomic E-state index is 13.7. The lowest BCUT2D eigenvalue weighted by atomic mass is 10.1. The smallest absolute Gasteiger partial charge is 0.295 e. The number of rotatable bonds is 3. The molecule has 0 spiro atoms. The lowest BCUT2D eigenvalue weighted by Gasteiger charge is -2.18. The van der Waals surface area contributed by atoms with Crippen LogP contribution in [0.4, 0.5) is 15.8 Å². The molecule has 2 N–H and O–H groups in total. The van der Waals surface area contributed by atoms with E-state index in [1.807, 2.05) is 0 Å². The van der Waals surface area contributed by atoms with Crippen LogP contribution in [-0.2, 0) is 0 Å². The Morgan fingerprint density at radius 2 is 2.35 bits per heavy atom. The molecule has 1 saturated heterocycles. The third-order valence-electron chi connectivity index (χ3n) is 3.10. The average Bonchev–Trinajstić information content (AvgIpc) is 2.76. The Morgan fingerprint density at radius 3 is 2.94 bits per heavy atom. The van der Waals surface area contributed by atoms with Crippen LogP contribution in [0.5, 0.6) is 0 Å². The molecule has 1 fully saturated rings. The normalized spacial score (nSPS) is 19.6. The number of nitro benzene ring substituents is 1. The number of nitrogens with two attached hydrogens (primary N) is 1. The summed E-state index contributed by atoms with van der Waals surface area (Å²) in [6.07, 6.45) is 0.849. The number of nitrogens with zero attached hydrogens (tertiary/aromatic N) is 2. The van der Waals surface area contributed by atoms with Crippen LogP contribution in [0, 0.1) is 21.8 Å². The monoisotopic (exact) mass is 239 g/mol. The molecule has 1 aromatic carbocycles. The third-order valence-corrected chi connectivity index (χ3v) is 3.10. The summed E-state index contributed by atoms with van der Waals surface area (Å²) < 4.78 is 13.7. The van der Waals surface area contributed by atoms with Crippen molar-refractivity contribution in [2.75, 3.05) is 24.5 Å². The molecule has 0 amide bonds. The van der Waals surface area contributed by atoms with Crippen molar-refractivity contribution in [2.45, 2.75) is 6.42 Å². The number of anilines is 1. The van der Waals surface area contributed by atoms with Crippen LogP contribution in [0.25, 0.3) is 0 Å². The molecule has 1 heterocycles. The van der Waals surface area contributed by atoms with E-state index < -0.39 is 10.7 Å². The SMILES string of the molecule is NCC1CCN(c2c(F)cccc2[N+](=O)[O-])C1. The molecule has 1 aliphatic rings. The van der Waals surface area contributed by atoms with Gasteiger partial charge in [-0.05, 0) is 24.9 Å². The lowest BCUT2D eigenvalue weighted by Crippen LogP contribution is -2.24. The molecule has 2 rings (SSSR count). The Balaban J connectivity index is 2.34. The first-order chi connectivity index (χ1) is 8.13. The fourth-order valence-corrected chi connectivity index (χ4v) is 2.19. The van der Waals surface area contributed by atoms with Gasteiger partial charge in [-0.2, -0.15) is 0 Å². The molecule has 1 unspecified atom stereocenters. The Kier molecular flexibility index (Phi) is 3.23. The first kappa shape index (κ1) is 11.8. The lowest BCUT2D eigenvalue weighted by molar-refractivity contribution is -0.384. The molecule has 5 nitrogen and oxygen atoms in total. The van der Waals surface area contributed by atoms with Crippen molar-refractivity contribution in [3.05, 3.63) is 34.1 Å². The second-order valence-electron chi connectivity index (χ2n) is 4.20. The molecule has 17 heavy (non-hydrogen) atoms. The van der Waals surface area contributed by atoms with Crippen LogP contribution in [0.1, 0.15) is 6.42 Å². The maximum Gasteiger partial charge on any atom is 0.295 e. The molecule has 1 atom stereocenters. The molecular weight excluding hydrogens is 225 g/mol. The van der Waals surface area contributed by atoms with E-state index in [0.717, 1.165) is 6.42 Å². The molecule has 0 radical (unpaired) electrons. The van der Waals surface area contributed by atoms with Crippen molar-refractivity contribution in [1.29, 1.82) is 0 Å². The minimum Gasteiger partial charge on any atom is -0.363 e. The number of hydrogen-bond acceptors (Lipinski definition) is 4. The van der Waals surface area contributed by atoms with Crippen molar-refractivity contribution in [3.63, 3.8) is 0 Å². The van der Waals surface area contributed by atoms with E-state index in [-0.39, 0.29) is 17.3 Å². The summed E-state index contributed by atoms with van der Waals surface area (Å²) >= 11 is 0. The average molecular weight is 239 g/mol. The molecular formula is C11H14FN3O2. The summed E-state index contributed by atoms with van der Waals surface area (Å²) in [4.78, 5) is 12.0. The van der Waals surface area contributed by atoms with Crippen LogP contribution in [0.2, 0.25) is 0 Å². The zero-order valence-electron chi connectivity index (χ0n) is 9.30. The van der Waals surface area contributed by atoms with E-state index in [1.165, 1.54) is 18.2 Å². The largest absolute Gasteiger partial charge is 0.363 e. The van der Waals surface area contributed by atoms with Crippen molar-refractivity contribution in [2.24, 2.45) is 11.7 Å². The van der Waals surface area contributed by atoms with Gasteiger partial charge in [0, 0.05) is 19.2 Å². The fraction of sp³-hybridized carbons (Fsp3) is 0.455. The van der Waals surface area contributed by atoms with Crippen molar-refractivity contribution in [1.82, 2.24) is 0 Å². The molecule has 0 aliphatic carbocycles. The van der Waals surface area contributed by atoms with Gasteiger partial charge in [-0.15, -0.1) is 0 Å². The Morgan fingerprint density at radius 1 is 1.59 bits per heavy atom. The van der Waals surface area contributed by atoms with Gasteiger partial charge in [-0.1, -0.05) is 6.07 Å². The van der Waals surface area contributed by atoms with Gasteiger partial charge in [-0.25, -0.2) is 4.39 Å². The van der Waals surface area contributed by atoms with Crippen LogP contribution in [0.3, 0.4) is 0 Å². The topological polar surface area (TPSA) is 72.4 Å². The molecule has 0 aromatic heterocycles. The minimum absolute atomic E-state index is 0.0912. The molecule has 0 saturated carbocycles. The summed E-state index contributed by atoms with van der Waals surface area (Å²) in [7, 11) is 0. The zero-order chi connectivity index (χ0) is 12.4. The molecule has 1 aromatic rings. The van der Waals surface area contributed by atoms with E-state index in [4.69, 9.17) is 5.73 Å². The highest BCUT2D eigenvalue weighted by molar-refractivity contribution is 5.64. The molecule has 6 heteroatoms. The summed E-state index contributed by atoms with van der Waals surface area (Å²) in [5, 5.41) is 10.9. The Hall–Kier alpha value is -1.69. The predicted molar refractivity (Wildman–Crippen MR) is 62.4 cm³/mol. The van der Waals surface area contributed by atoms with Crippen LogP contribution < -0.4 is 10.6 Å². The highest BCUT2D eigenvalue weighted by atomic mass is 19.1. The van der Waals surface area contributed by atoms with E-state index >= 15 is 0 Å². The highest BCUT2D eigenvalue weighted by Gasteiger charge is 2.29. The van der Waals surface area contributed by atoms with E-state index in [9.17, 15) is 14.5 Å². The Bertz CT molecular complexity index is 439. The summed E-state index contributed by atoms with van der Waals surface area (Å²) in [5.74, 6) is -0.258. The van der Waals surface area contributed by atoms with Gasteiger partial charge in [0.05, 0.1) is 4.92 Å². The second-order valence-corrected chi connectivity index (χ2v) is 4.20. The minimum atomic E-state index is -0.547. The van der Waals surface area contributed by atoms with Gasteiger partial charge in [0.2, 0.25) is 0 Å². The third kappa shape index (κ3) is 2.21. The van der Waals surface area contributed by atoms with Gasteiger partial charge in [-0.3, -0.25) is 10.1 Å². The molecule has 92 valence electrons. The fourth-order valence-electron chi connectivity index (χ4n) is 2.19. The van der Waals surface area contributed by atoms with Gasteiger partial charge in [0.15, 0.2) is 11.5 Å². The quantitative estimate of drug-likeness (QED) is 0.641. The van der Waals surface area contributed by atoms with Crippen LogP contribution in [-0.4, -0.2) is 24.6 Å². The van der Waals surface area contributed by atoms with Crippen molar-refractivity contribution in [3.8, 4) is 0 Å². The van der Waals surface area contributed by atoms with Crippen LogP contribution >= 0.6 is 0 Å². The second kappa shape index (κ2) is 4.67. The number of benzene rings is 1. The number of hydrogen-bond donors (Lipinski definition) is 1. The van der Waals surface area contributed by atoms with Crippen molar-refractivity contribution < 1.29 is 9.31 Å². The standard InChI is InChI=1S/C11H14FN3O2/c12-9-2-1-3-10(15(16)17)11(9)14-5-4-8(6-13)7-14/h1-3,8H,4-7,13H2. The maximum atomic E-state index is 13.7. The number of para-hydroxylation sites is 1. The van der Waals surface area contributed by atoms with Gasteiger partial charge in [0.25, 0.3) is 5.69 Å². The number of halogens is 1. The number of nitro groups is 1. The molecule has 1 aliphatic heterocycles. The van der Waals surface area contributed by atoms with Gasteiger partial charge < -0.3 is 10.6 Å².